The number of nitro benzene ring substituents is 1. The van der Waals surface area contributed by atoms with Crippen LogP contribution in [-0.2, 0) is 4.74 Å². The van der Waals surface area contributed by atoms with Gasteiger partial charge in [0.05, 0.1) is 17.1 Å². The average Bonchev–Trinajstić information content (AvgIpc) is 2.47. The normalized spacial score (nSPS) is 17.7. The van der Waals surface area contributed by atoms with Gasteiger partial charge in [0.1, 0.15) is 5.75 Å². The Morgan fingerprint density at radius 1 is 1.45 bits per heavy atom. The molecule has 1 saturated heterocycles. The van der Waals surface area contributed by atoms with Gasteiger partial charge in [-0.3, -0.25) is 10.1 Å². The number of alkyl halides is 1. The van der Waals surface area contributed by atoms with Crippen LogP contribution in [-0.4, -0.2) is 30.1 Å². The second-order valence-electron chi connectivity index (χ2n) is 5.19. The van der Waals surface area contributed by atoms with Gasteiger partial charge in [0.15, 0.2) is 0 Å². The van der Waals surface area contributed by atoms with Crippen molar-refractivity contribution in [3.63, 3.8) is 0 Å². The van der Waals surface area contributed by atoms with Crippen molar-refractivity contribution in [3.8, 4) is 5.75 Å². The predicted molar refractivity (Wildman–Crippen MR) is 79.6 cm³/mol. The van der Waals surface area contributed by atoms with Gasteiger partial charge in [0.25, 0.3) is 5.69 Å². The van der Waals surface area contributed by atoms with Gasteiger partial charge in [-0.15, -0.1) is 0 Å². The van der Waals surface area contributed by atoms with Crippen LogP contribution < -0.4 is 4.74 Å². The summed E-state index contributed by atoms with van der Waals surface area (Å²) in [5.74, 6) is 0.589. The molecule has 1 aromatic rings. The van der Waals surface area contributed by atoms with Gasteiger partial charge < -0.3 is 9.47 Å². The third-order valence-corrected chi connectivity index (χ3v) is 5.01. The highest BCUT2D eigenvalue weighted by atomic mass is 79.9. The average molecular weight is 344 g/mol. The fourth-order valence-corrected chi connectivity index (χ4v) is 3.03. The first-order valence-electron chi connectivity index (χ1n) is 6.58. The smallest absolute Gasteiger partial charge is 0.276 e. The molecule has 6 heteroatoms. The molecule has 0 aromatic heterocycles. The largest absolute Gasteiger partial charge is 0.492 e. The van der Waals surface area contributed by atoms with Crippen molar-refractivity contribution in [2.45, 2.75) is 19.8 Å². The van der Waals surface area contributed by atoms with E-state index >= 15 is 0 Å². The molecule has 0 atom stereocenters. The van der Waals surface area contributed by atoms with E-state index in [0.717, 1.165) is 31.4 Å². The van der Waals surface area contributed by atoms with Crippen molar-refractivity contribution in [3.05, 3.63) is 33.9 Å². The highest BCUT2D eigenvalue weighted by molar-refractivity contribution is 9.09. The van der Waals surface area contributed by atoms with Crippen LogP contribution in [0.1, 0.15) is 18.4 Å². The van der Waals surface area contributed by atoms with Crippen LogP contribution in [0.2, 0.25) is 0 Å². The number of hydrogen-bond donors (Lipinski definition) is 0. The molecule has 1 fully saturated rings. The van der Waals surface area contributed by atoms with Gasteiger partial charge in [0.2, 0.25) is 0 Å². The molecule has 5 nitrogen and oxygen atoms in total. The quantitative estimate of drug-likeness (QED) is 0.466. The number of nitro groups is 1. The Morgan fingerprint density at radius 3 is 2.75 bits per heavy atom. The molecule has 1 heterocycles. The summed E-state index contributed by atoms with van der Waals surface area (Å²) < 4.78 is 11.3. The molecule has 0 saturated carbocycles. The van der Waals surface area contributed by atoms with E-state index in [4.69, 9.17) is 9.47 Å². The number of nitrogens with zero attached hydrogens (tertiary/aromatic N) is 1. The van der Waals surface area contributed by atoms with Gasteiger partial charge in [-0.2, -0.15) is 0 Å². The zero-order valence-corrected chi connectivity index (χ0v) is 13.0. The van der Waals surface area contributed by atoms with Gasteiger partial charge in [-0.1, -0.05) is 22.0 Å². The van der Waals surface area contributed by atoms with Crippen molar-refractivity contribution in [1.29, 1.82) is 0 Å². The molecule has 0 bridgehead atoms. The molecule has 0 radical (unpaired) electrons. The van der Waals surface area contributed by atoms with Crippen molar-refractivity contribution in [2.24, 2.45) is 5.41 Å². The summed E-state index contributed by atoms with van der Waals surface area (Å²) in [5, 5.41) is 11.8. The fraction of sp³-hybridized carbons (Fsp3) is 0.571. The molecule has 1 aromatic carbocycles. The fourth-order valence-electron chi connectivity index (χ4n) is 2.31. The molecule has 20 heavy (non-hydrogen) atoms. The molecule has 0 unspecified atom stereocenters. The maximum Gasteiger partial charge on any atom is 0.276 e. The van der Waals surface area contributed by atoms with Crippen LogP contribution >= 0.6 is 15.9 Å². The topological polar surface area (TPSA) is 61.6 Å². The lowest BCUT2D eigenvalue weighted by molar-refractivity contribution is -0.385. The summed E-state index contributed by atoms with van der Waals surface area (Å²) >= 11 is 3.55. The highest BCUT2D eigenvalue weighted by Crippen LogP contribution is 2.35. The lowest BCUT2D eigenvalue weighted by Crippen LogP contribution is -2.36. The van der Waals surface area contributed by atoms with E-state index in [0.29, 0.717) is 17.9 Å². The van der Waals surface area contributed by atoms with Crippen molar-refractivity contribution in [2.75, 3.05) is 25.2 Å². The van der Waals surface area contributed by atoms with Crippen LogP contribution in [0.15, 0.2) is 18.2 Å². The maximum absolute atomic E-state index is 10.9. The van der Waals surface area contributed by atoms with Gasteiger partial charge in [0, 0.05) is 30.0 Å². The molecule has 0 amide bonds. The van der Waals surface area contributed by atoms with Gasteiger partial charge >= 0.3 is 0 Å². The number of rotatable bonds is 5. The Bertz CT molecular complexity index is 486. The van der Waals surface area contributed by atoms with E-state index in [1.807, 2.05) is 0 Å². The van der Waals surface area contributed by atoms with Crippen LogP contribution in [0.5, 0.6) is 5.75 Å². The first-order valence-corrected chi connectivity index (χ1v) is 7.71. The Hall–Kier alpha value is -1.14. The van der Waals surface area contributed by atoms with Crippen LogP contribution in [0, 0.1) is 22.5 Å². The lowest BCUT2D eigenvalue weighted by atomic mass is 9.83. The minimum absolute atomic E-state index is 0.0509. The van der Waals surface area contributed by atoms with Gasteiger partial charge in [-0.25, -0.2) is 0 Å². The van der Waals surface area contributed by atoms with E-state index in [9.17, 15) is 10.1 Å². The maximum atomic E-state index is 10.9. The highest BCUT2D eigenvalue weighted by Gasteiger charge is 2.32. The molecule has 110 valence electrons. The predicted octanol–water partition coefficient (Wildman–Crippen LogP) is 3.47. The summed E-state index contributed by atoms with van der Waals surface area (Å²) in [6.45, 7) is 3.74. The molecular formula is C14H18BrNO4. The minimum atomic E-state index is -0.378. The molecule has 1 aliphatic rings. The summed E-state index contributed by atoms with van der Waals surface area (Å²) in [4.78, 5) is 10.5. The first kappa shape index (κ1) is 15.3. The lowest BCUT2D eigenvalue weighted by Gasteiger charge is -2.35. The van der Waals surface area contributed by atoms with Gasteiger partial charge in [-0.05, 0) is 25.8 Å². The zero-order chi connectivity index (χ0) is 14.6. The second kappa shape index (κ2) is 6.54. The summed E-state index contributed by atoms with van der Waals surface area (Å²) in [6.07, 6.45) is 1.87. The van der Waals surface area contributed by atoms with Crippen molar-refractivity contribution in [1.82, 2.24) is 0 Å². The monoisotopic (exact) mass is 343 g/mol. The molecule has 1 aliphatic heterocycles. The Kier molecular flexibility index (Phi) is 4.99. The number of ether oxygens (including phenoxy) is 2. The van der Waals surface area contributed by atoms with Crippen molar-refractivity contribution >= 4 is 21.6 Å². The molecule has 0 N–H and O–H groups in total. The Balaban J connectivity index is 2.10. The SMILES string of the molecule is Cc1c(OCC2(CBr)CCOCC2)cccc1[N+](=O)[O-]. The van der Waals surface area contributed by atoms with E-state index in [1.165, 1.54) is 6.07 Å². The number of halogens is 1. The van der Waals surface area contributed by atoms with E-state index in [1.54, 1.807) is 19.1 Å². The third kappa shape index (κ3) is 3.30. The molecular weight excluding hydrogens is 326 g/mol. The second-order valence-corrected chi connectivity index (χ2v) is 5.75. The third-order valence-electron chi connectivity index (χ3n) is 3.82. The van der Waals surface area contributed by atoms with Crippen LogP contribution in [0.4, 0.5) is 5.69 Å². The Labute approximate surface area is 126 Å². The van der Waals surface area contributed by atoms with Crippen LogP contribution in [0.25, 0.3) is 0 Å². The van der Waals surface area contributed by atoms with Crippen LogP contribution in [0.3, 0.4) is 0 Å². The minimum Gasteiger partial charge on any atom is -0.492 e. The summed E-state index contributed by atoms with van der Waals surface area (Å²) in [7, 11) is 0. The van der Waals surface area contributed by atoms with E-state index < -0.39 is 0 Å². The van der Waals surface area contributed by atoms with E-state index in [-0.39, 0.29) is 16.0 Å². The summed E-state index contributed by atoms with van der Waals surface area (Å²) in [5.41, 5.74) is 0.728. The molecule has 0 aliphatic carbocycles. The first-order chi connectivity index (χ1) is 9.58. The number of hydrogen-bond acceptors (Lipinski definition) is 4. The molecule has 2 rings (SSSR count). The van der Waals surface area contributed by atoms with E-state index in [2.05, 4.69) is 15.9 Å². The van der Waals surface area contributed by atoms with Crippen molar-refractivity contribution < 1.29 is 14.4 Å². The molecule has 0 spiro atoms. The standard InChI is InChI=1S/C14H18BrNO4/c1-11-12(16(17)18)3-2-4-13(11)20-10-14(9-15)5-7-19-8-6-14/h2-4H,5-10H2,1H3. The summed E-state index contributed by atoms with van der Waals surface area (Å²) in [6, 6.07) is 4.94. The Morgan fingerprint density at radius 2 is 2.15 bits per heavy atom. The number of benzene rings is 1. The zero-order valence-electron chi connectivity index (χ0n) is 11.4.